The first-order valence-corrected chi connectivity index (χ1v) is 7.12. The van der Waals surface area contributed by atoms with Gasteiger partial charge in [0.1, 0.15) is 6.61 Å². The van der Waals surface area contributed by atoms with Gasteiger partial charge in [0.2, 0.25) is 0 Å². The van der Waals surface area contributed by atoms with Crippen molar-refractivity contribution in [3.8, 4) is 11.5 Å². The van der Waals surface area contributed by atoms with E-state index in [2.05, 4.69) is 17.6 Å². The van der Waals surface area contributed by atoms with Gasteiger partial charge in [0.15, 0.2) is 17.6 Å². The second-order valence-corrected chi connectivity index (χ2v) is 5.04. The first-order valence-electron chi connectivity index (χ1n) is 7.12. The Hall–Kier alpha value is -1.91. The molecule has 20 heavy (non-hydrogen) atoms. The minimum Gasteiger partial charge on any atom is -0.486 e. The summed E-state index contributed by atoms with van der Waals surface area (Å²) < 4.78 is 11.4. The second-order valence-electron chi connectivity index (χ2n) is 5.04. The fourth-order valence-electron chi connectivity index (χ4n) is 2.15. The van der Waals surface area contributed by atoms with Gasteiger partial charge in [-0.1, -0.05) is 25.5 Å². The van der Waals surface area contributed by atoms with Gasteiger partial charge in [0.25, 0.3) is 0 Å². The van der Waals surface area contributed by atoms with Crippen molar-refractivity contribution < 1.29 is 14.3 Å². The average molecular weight is 278 g/mol. The third-order valence-electron chi connectivity index (χ3n) is 3.16. The van der Waals surface area contributed by atoms with Crippen LogP contribution in [0.25, 0.3) is 0 Å². The molecule has 110 valence electrons. The molecule has 0 radical (unpaired) electrons. The van der Waals surface area contributed by atoms with E-state index >= 15 is 0 Å². The van der Waals surface area contributed by atoms with Crippen molar-refractivity contribution in [3.63, 3.8) is 0 Å². The molecule has 2 unspecified atom stereocenters. The highest BCUT2D eigenvalue weighted by Gasteiger charge is 2.21. The Labute approximate surface area is 119 Å². The summed E-state index contributed by atoms with van der Waals surface area (Å²) in [6.45, 7) is 4.97. The van der Waals surface area contributed by atoms with E-state index in [0.29, 0.717) is 13.2 Å². The molecule has 2 amide bonds. The molecule has 0 spiro atoms. The lowest BCUT2D eigenvalue weighted by molar-refractivity contribution is 0.0917. The van der Waals surface area contributed by atoms with Gasteiger partial charge in [-0.15, -0.1) is 0 Å². The molecule has 1 aliphatic rings. The highest BCUT2D eigenvalue weighted by Crippen LogP contribution is 2.30. The quantitative estimate of drug-likeness (QED) is 0.869. The average Bonchev–Trinajstić information content (AvgIpc) is 2.45. The molecule has 1 aliphatic heterocycles. The molecule has 0 saturated carbocycles. The molecule has 0 fully saturated rings. The number of ether oxygens (including phenoxy) is 2. The number of para-hydroxylation sites is 2. The van der Waals surface area contributed by atoms with Crippen molar-refractivity contribution in [2.24, 2.45) is 0 Å². The minimum absolute atomic E-state index is 0.155. The summed E-state index contributed by atoms with van der Waals surface area (Å²) in [6.07, 6.45) is 1.87. The summed E-state index contributed by atoms with van der Waals surface area (Å²) in [7, 11) is 0. The SMILES string of the molecule is CCCC(C)NC(=O)NCC1COc2ccccc2O1. The summed E-state index contributed by atoms with van der Waals surface area (Å²) in [5.74, 6) is 1.48. The Morgan fingerprint density at radius 3 is 2.90 bits per heavy atom. The van der Waals surface area contributed by atoms with Gasteiger partial charge < -0.3 is 20.1 Å². The number of urea groups is 1. The van der Waals surface area contributed by atoms with Gasteiger partial charge >= 0.3 is 6.03 Å². The number of carbonyl (C=O) groups excluding carboxylic acids is 1. The molecule has 1 aromatic rings. The van der Waals surface area contributed by atoms with Gasteiger partial charge in [-0.05, 0) is 25.5 Å². The number of hydrogen-bond acceptors (Lipinski definition) is 3. The van der Waals surface area contributed by atoms with Crippen molar-refractivity contribution >= 4 is 6.03 Å². The predicted octanol–water partition coefficient (Wildman–Crippen LogP) is 2.31. The van der Waals surface area contributed by atoms with Crippen molar-refractivity contribution in [3.05, 3.63) is 24.3 Å². The van der Waals surface area contributed by atoms with E-state index in [4.69, 9.17) is 9.47 Å². The Morgan fingerprint density at radius 2 is 2.15 bits per heavy atom. The molecule has 0 bridgehead atoms. The predicted molar refractivity (Wildman–Crippen MR) is 77.3 cm³/mol. The van der Waals surface area contributed by atoms with Crippen LogP contribution in [0, 0.1) is 0 Å². The maximum Gasteiger partial charge on any atom is 0.315 e. The van der Waals surface area contributed by atoms with E-state index in [1.807, 2.05) is 31.2 Å². The van der Waals surface area contributed by atoms with E-state index in [0.717, 1.165) is 24.3 Å². The number of nitrogens with one attached hydrogen (secondary N) is 2. The fraction of sp³-hybridized carbons (Fsp3) is 0.533. The number of benzene rings is 1. The Kier molecular flexibility index (Phi) is 5.09. The van der Waals surface area contributed by atoms with Gasteiger partial charge in [-0.2, -0.15) is 0 Å². The highest BCUT2D eigenvalue weighted by molar-refractivity contribution is 5.74. The van der Waals surface area contributed by atoms with Crippen LogP contribution in [0.4, 0.5) is 4.79 Å². The number of hydrogen-bond donors (Lipinski definition) is 2. The van der Waals surface area contributed by atoms with Crippen LogP contribution < -0.4 is 20.1 Å². The lowest BCUT2D eigenvalue weighted by atomic mass is 10.2. The molecule has 1 aromatic carbocycles. The van der Waals surface area contributed by atoms with Crippen molar-refractivity contribution in [1.82, 2.24) is 10.6 Å². The smallest absolute Gasteiger partial charge is 0.315 e. The van der Waals surface area contributed by atoms with Crippen molar-refractivity contribution in [1.29, 1.82) is 0 Å². The summed E-state index contributed by atoms with van der Waals surface area (Å²) in [6, 6.07) is 7.57. The van der Waals surface area contributed by atoms with Gasteiger partial charge in [-0.25, -0.2) is 4.79 Å². The lowest BCUT2D eigenvalue weighted by Gasteiger charge is -2.26. The number of rotatable bonds is 5. The molecule has 0 aromatic heterocycles. The van der Waals surface area contributed by atoms with Gasteiger partial charge in [0, 0.05) is 6.04 Å². The maximum atomic E-state index is 11.7. The summed E-state index contributed by atoms with van der Waals surface area (Å²) in [5, 5.41) is 5.71. The Morgan fingerprint density at radius 1 is 1.40 bits per heavy atom. The molecule has 2 atom stereocenters. The van der Waals surface area contributed by atoms with Crippen LogP contribution in [-0.2, 0) is 0 Å². The first kappa shape index (κ1) is 14.5. The molecule has 0 saturated heterocycles. The standard InChI is InChI=1S/C15H22N2O3/c1-3-6-11(2)17-15(18)16-9-12-10-19-13-7-4-5-8-14(13)20-12/h4-5,7-8,11-12H,3,6,9-10H2,1-2H3,(H2,16,17,18). The van der Waals surface area contributed by atoms with Crippen LogP contribution in [0.15, 0.2) is 24.3 Å². The molecular formula is C15H22N2O3. The first-order chi connectivity index (χ1) is 9.69. The van der Waals surface area contributed by atoms with Crippen molar-refractivity contribution in [2.45, 2.75) is 38.8 Å². The molecule has 1 heterocycles. The van der Waals surface area contributed by atoms with Crippen LogP contribution in [0.1, 0.15) is 26.7 Å². The van der Waals surface area contributed by atoms with Crippen LogP contribution in [-0.4, -0.2) is 31.3 Å². The topological polar surface area (TPSA) is 59.6 Å². The zero-order valence-electron chi connectivity index (χ0n) is 12.0. The van der Waals surface area contributed by atoms with E-state index < -0.39 is 0 Å². The largest absolute Gasteiger partial charge is 0.486 e. The molecule has 0 aliphatic carbocycles. The number of fused-ring (bicyclic) bond motifs is 1. The number of amides is 2. The van der Waals surface area contributed by atoms with Gasteiger partial charge in [-0.3, -0.25) is 0 Å². The Bertz CT molecular complexity index is 450. The Balaban J connectivity index is 1.74. The van der Waals surface area contributed by atoms with Crippen LogP contribution in [0.3, 0.4) is 0 Å². The summed E-state index contributed by atoms with van der Waals surface area (Å²) in [5.41, 5.74) is 0. The highest BCUT2D eigenvalue weighted by atomic mass is 16.6. The van der Waals surface area contributed by atoms with Crippen LogP contribution in [0.5, 0.6) is 11.5 Å². The molecule has 5 nitrogen and oxygen atoms in total. The molecular weight excluding hydrogens is 256 g/mol. The van der Waals surface area contributed by atoms with E-state index in [9.17, 15) is 4.79 Å². The molecule has 2 rings (SSSR count). The number of carbonyl (C=O) groups is 1. The summed E-state index contributed by atoms with van der Waals surface area (Å²) >= 11 is 0. The summed E-state index contributed by atoms with van der Waals surface area (Å²) in [4.78, 5) is 11.7. The van der Waals surface area contributed by atoms with E-state index in [1.54, 1.807) is 0 Å². The monoisotopic (exact) mass is 278 g/mol. The van der Waals surface area contributed by atoms with E-state index in [-0.39, 0.29) is 18.2 Å². The zero-order valence-corrected chi connectivity index (χ0v) is 12.0. The molecule has 2 N–H and O–H groups in total. The van der Waals surface area contributed by atoms with Crippen LogP contribution >= 0.6 is 0 Å². The van der Waals surface area contributed by atoms with E-state index in [1.165, 1.54) is 0 Å². The third-order valence-corrected chi connectivity index (χ3v) is 3.16. The maximum absolute atomic E-state index is 11.7. The minimum atomic E-state index is -0.159. The zero-order chi connectivity index (χ0) is 14.4. The second kappa shape index (κ2) is 7.03. The molecule has 5 heteroatoms. The van der Waals surface area contributed by atoms with Gasteiger partial charge in [0.05, 0.1) is 6.54 Å². The van der Waals surface area contributed by atoms with Crippen LogP contribution in [0.2, 0.25) is 0 Å². The fourth-order valence-corrected chi connectivity index (χ4v) is 2.15. The normalized spacial score (nSPS) is 18.2. The lowest BCUT2D eigenvalue weighted by Crippen LogP contribution is -2.46. The van der Waals surface area contributed by atoms with Crippen molar-refractivity contribution in [2.75, 3.05) is 13.2 Å². The third kappa shape index (κ3) is 4.05.